The summed E-state index contributed by atoms with van der Waals surface area (Å²) in [4.78, 5) is 12.1. The molecule has 1 N–H and O–H groups in total. The molecule has 2 rings (SSSR count). The largest absolute Gasteiger partial charge is 0.487 e. The number of ether oxygens (including phenoxy) is 1. The Morgan fingerprint density at radius 3 is 2.83 bits per heavy atom. The van der Waals surface area contributed by atoms with Gasteiger partial charge in [0.15, 0.2) is 0 Å². The Kier molecular flexibility index (Phi) is 4.27. The van der Waals surface area contributed by atoms with E-state index in [4.69, 9.17) is 21.4 Å². The third-order valence-electron chi connectivity index (χ3n) is 2.24. The van der Waals surface area contributed by atoms with Crippen LogP contribution in [0, 0.1) is 0 Å². The van der Waals surface area contributed by atoms with Gasteiger partial charge in [0.05, 0.1) is 9.90 Å². The zero-order valence-electron chi connectivity index (χ0n) is 9.02. The smallest absolute Gasteiger partial charge is 0.341 e. The van der Waals surface area contributed by atoms with Crippen molar-refractivity contribution in [2.24, 2.45) is 0 Å². The summed E-state index contributed by atoms with van der Waals surface area (Å²) >= 11 is 10.8. The van der Waals surface area contributed by atoms with Crippen molar-refractivity contribution in [1.29, 1.82) is 0 Å². The first-order valence-corrected chi connectivity index (χ1v) is 7.01. The Morgan fingerprint density at radius 2 is 2.22 bits per heavy atom. The minimum Gasteiger partial charge on any atom is -0.487 e. The monoisotopic (exact) mass is 346 g/mol. The summed E-state index contributed by atoms with van der Waals surface area (Å²) in [5.74, 6) is -0.823. The number of hydrogen-bond acceptors (Lipinski definition) is 3. The van der Waals surface area contributed by atoms with Crippen molar-refractivity contribution in [3.8, 4) is 5.75 Å². The number of hydrogen-bond donors (Lipinski definition) is 1. The Morgan fingerprint density at radius 1 is 1.44 bits per heavy atom. The molecule has 1 aromatic carbocycles. The normalized spacial score (nSPS) is 10.3. The molecule has 0 saturated carbocycles. The van der Waals surface area contributed by atoms with Gasteiger partial charge in [-0.25, -0.2) is 4.79 Å². The lowest BCUT2D eigenvalue weighted by molar-refractivity contribution is 0.0692. The third kappa shape index (κ3) is 2.85. The van der Waals surface area contributed by atoms with E-state index in [0.717, 1.165) is 9.35 Å². The molecule has 0 fully saturated rings. The number of halogens is 2. The van der Waals surface area contributed by atoms with E-state index in [1.54, 1.807) is 12.1 Å². The van der Waals surface area contributed by atoms with E-state index in [9.17, 15) is 4.79 Å². The number of carboxylic acids is 1. The first-order chi connectivity index (χ1) is 8.59. The lowest BCUT2D eigenvalue weighted by Gasteiger charge is -2.09. The maximum absolute atomic E-state index is 11.1. The summed E-state index contributed by atoms with van der Waals surface area (Å²) in [5.41, 5.74) is -0.00755. The van der Waals surface area contributed by atoms with Crippen LogP contribution < -0.4 is 4.74 Å². The van der Waals surface area contributed by atoms with Gasteiger partial charge in [-0.15, -0.1) is 11.3 Å². The van der Waals surface area contributed by atoms with Gasteiger partial charge < -0.3 is 9.84 Å². The third-order valence-corrected chi connectivity index (χ3v) is 4.45. The quantitative estimate of drug-likeness (QED) is 0.889. The molecule has 0 aliphatic rings. The fourth-order valence-corrected chi connectivity index (χ4v) is 3.03. The molecule has 0 unspecified atom stereocenters. The van der Waals surface area contributed by atoms with Crippen LogP contribution in [0.2, 0.25) is 5.02 Å². The van der Waals surface area contributed by atoms with Gasteiger partial charge in [-0.05, 0) is 39.5 Å². The Labute approximate surface area is 121 Å². The molecule has 94 valence electrons. The van der Waals surface area contributed by atoms with Crippen molar-refractivity contribution < 1.29 is 14.6 Å². The molecule has 0 bridgehead atoms. The van der Waals surface area contributed by atoms with Crippen LogP contribution in [-0.2, 0) is 6.61 Å². The molecule has 0 radical (unpaired) electrons. The molecule has 6 heteroatoms. The van der Waals surface area contributed by atoms with Gasteiger partial charge in [0.25, 0.3) is 0 Å². The van der Waals surface area contributed by atoms with Crippen LogP contribution >= 0.6 is 38.9 Å². The van der Waals surface area contributed by atoms with Crippen LogP contribution in [0.3, 0.4) is 0 Å². The average molecular weight is 348 g/mol. The first kappa shape index (κ1) is 13.4. The molecule has 18 heavy (non-hydrogen) atoms. The zero-order chi connectivity index (χ0) is 13.1. The lowest BCUT2D eigenvalue weighted by Crippen LogP contribution is -2.03. The van der Waals surface area contributed by atoms with Crippen molar-refractivity contribution >= 4 is 44.8 Å². The standard InChI is InChI=1S/C12H8BrClO3S/c13-7-4-5-18-10(7)6-17-9-3-1-2-8(14)11(9)12(15)16/h1-5H,6H2,(H,15,16). The van der Waals surface area contributed by atoms with Gasteiger partial charge in [0, 0.05) is 4.47 Å². The van der Waals surface area contributed by atoms with E-state index < -0.39 is 5.97 Å². The van der Waals surface area contributed by atoms with Crippen LogP contribution in [0.15, 0.2) is 34.1 Å². The second-order valence-corrected chi connectivity index (χ2v) is 5.66. The Balaban J connectivity index is 2.22. The van der Waals surface area contributed by atoms with Crippen molar-refractivity contribution in [2.45, 2.75) is 6.61 Å². The minimum absolute atomic E-state index is 0.00755. The van der Waals surface area contributed by atoms with Crippen molar-refractivity contribution in [2.75, 3.05) is 0 Å². The number of rotatable bonds is 4. The topological polar surface area (TPSA) is 46.5 Å². The van der Waals surface area contributed by atoms with E-state index in [-0.39, 0.29) is 16.3 Å². The molecule has 0 aliphatic carbocycles. The molecule has 0 saturated heterocycles. The van der Waals surface area contributed by atoms with Gasteiger partial charge in [-0.3, -0.25) is 0 Å². The number of thiophene rings is 1. The zero-order valence-corrected chi connectivity index (χ0v) is 12.2. The first-order valence-electron chi connectivity index (χ1n) is 4.96. The molecule has 0 spiro atoms. The number of benzene rings is 1. The molecule has 0 aliphatic heterocycles. The highest BCUT2D eigenvalue weighted by molar-refractivity contribution is 9.10. The van der Waals surface area contributed by atoms with E-state index in [1.807, 2.05) is 11.4 Å². The maximum Gasteiger partial charge on any atom is 0.341 e. The summed E-state index contributed by atoms with van der Waals surface area (Å²) in [6.07, 6.45) is 0. The fourth-order valence-electron chi connectivity index (χ4n) is 1.40. The molecule has 0 atom stereocenters. The molecule has 1 heterocycles. The summed E-state index contributed by atoms with van der Waals surface area (Å²) in [5, 5.41) is 11.2. The highest BCUT2D eigenvalue weighted by Crippen LogP contribution is 2.29. The highest BCUT2D eigenvalue weighted by atomic mass is 79.9. The number of carboxylic acid groups (broad SMARTS) is 1. The predicted molar refractivity (Wildman–Crippen MR) is 74.8 cm³/mol. The molecule has 2 aromatic rings. The van der Waals surface area contributed by atoms with Gasteiger partial charge in [-0.1, -0.05) is 17.7 Å². The van der Waals surface area contributed by atoms with Gasteiger partial charge >= 0.3 is 5.97 Å². The van der Waals surface area contributed by atoms with Gasteiger partial charge in [0.2, 0.25) is 0 Å². The highest BCUT2D eigenvalue weighted by Gasteiger charge is 2.16. The molecular formula is C12H8BrClO3S. The van der Waals surface area contributed by atoms with E-state index in [2.05, 4.69) is 15.9 Å². The summed E-state index contributed by atoms with van der Waals surface area (Å²) < 4.78 is 6.47. The number of aromatic carboxylic acids is 1. The van der Waals surface area contributed by atoms with Crippen LogP contribution in [0.4, 0.5) is 0 Å². The van der Waals surface area contributed by atoms with Gasteiger partial charge in [0.1, 0.15) is 17.9 Å². The van der Waals surface area contributed by atoms with E-state index in [1.165, 1.54) is 17.4 Å². The summed E-state index contributed by atoms with van der Waals surface area (Å²) in [6, 6.07) is 6.70. The van der Waals surface area contributed by atoms with Crippen molar-refractivity contribution in [1.82, 2.24) is 0 Å². The summed E-state index contributed by atoms with van der Waals surface area (Å²) in [7, 11) is 0. The Hall–Kier alpha value is -1.04. The predicted octanol–water partition coefficient (Wildman–Crippen LogP) is 4.44. The van der Waals surface area contributed by atoms with Crippen LogP contribution in [-0.4, -0.2) is 11.1 Å². The van der Waals surface area contributed by atoms with Crippen LogP contribution in [0.25, 0.3) is 0 Å². The van der Waals surface area contributed by atoms with Crippen LogP contribution in [0.1, 0.15) is 15.2 Å². The molecule has 1 aromatic heterocycles. The lowest BCUT2D eigenvalue weighted by atomic mass is 10.2. The fraction of sp³-hybridized carbons (Fsp3) is 0.0833. The van der Waals surface area contributed by atoms with Crippen molar-refractivity contribution in [3.63, 3.8) is 0 Å². The van der Waals surface area contributed by atoms with Crippen LogP contribution in [0.5, 0.6) is 5.75 Å². The average Bonchev–Trinajstić information content (AvgIpc) is 2.71. The molecule has 3 nitrogen and oxygen atoms in total. The Bertz CT molecular complexity index is 582. The maximum atomic E-state index is 11.1. The minimum atomic E-state index is -1.10. The number of carbonyl (C=O) groups is 1. The second kappa shape index (κ2) is 5.73. The molecular weight excluding hydrogens is 340 g/mol. The molecule has 0 amide bonds. The summed E-state index contributed by atoms with van der Waals surface area (Å²) in [6.45, 7) is 0.304. The SMILES string of the molecule is O=C(O)c1c(Cl)cccc1OCc1sccc1Br. The van der Waals surface area contributed by atoms with Crippen molar-refractivity contribution in [3.05, 3.63) is 49.6 Å². The van der Waals surface area contributed by atoms with Gasteiger partial charge in [-0.2, -0.15) is 0 Å². The second-order valence-electron chi connectivity index (χ2n) is 3.40. The van der Waals surface area contributed by atoms with E-state index >= 15 is 0 Å². The van der Waals surface area contributed by atoms with E-state index in [0.29, 0.717) is 6.61 Å².